The van der Waals surface area contributed by atoms with E-state index in [4.69, 9.17) is 9.84 Å². The normalized spacial score (nSPS) is 17.0. The lowest BCUT2D eigenvalue weighted by Gasteiger charge is -2.29. The smallest absolute Gasteiger partial charge is 0.323 e. The Kier molecular flexibility index (Phi) is 6.08. The molecule has 8 heteroatoms. The standard InChI is InChI=1S/C20H24N2O6/c1-28-10-9-21(12-17(23)24)18(25)13-7-8-15-16(11-13)20(27)22(19(15)26)14-5-3-2-4-6-14/h7-8,11,14H,2-6,9-10,12H2,1H3,(H,23,24). The molecule has 2 aliphatic rings. The van der Waals surface area contributed by atoms with Gasteiger partial charge in [0, 0.05) is 25.3 Å². The van der Waals surface area contributed by atoms with Crippen molar-refractivity contribution < 1.29 is 29.0 Å². The third kappa shape index (κ3) is 3.91. The van der Waals surface area contributed by atoms with Crippen LogP contribution in [-0.4, -0.2) is 71.4 Å². The molecule has 1 aliphatic carbocycles. The Labute approximate surface area is 163 Å². The predicted molar refractivity (Wildman–Crippen MR) is 99.2 cm³/mol. The molecule has 28 heavy (non-hydrogen) atoms. The molecule has 1 aliphatic heterocycles. The van der Waals surface area contributed by atoms with Crippen molar-refractivity contribution in [3.8, 4) is 0 Å². The third-order valence-electron chi connectivity index (χ3n) is 5.28. The Balaban J connectivity index is 1.84. The van der Waals surface area contributed by atoms with Crippen LogP contribution in [0.4, 0.5) is 0 Å². The van der Waals surface area contributed by atoms with Crippen LogP contribution in [0.25, 0.3) is 0 Å². The van der Waals surface area contributed by atoms with Crippen LogP contribution in [0.3, 0.4) is 0 Å². The molecule has 1 saturated carbocycles. The van der Waals surface area contributed by atoms with Crippen molar-refractivity contribution in [3.05, 3.63) is 34.9 Å². The summed E-state index contributed by atoms with van der Waals surface area (Å²) in [5, 5.41) is 9.05. The Bertz CT molecular complexity index is 800. The van der Waals surface area contributed by atoms with E-state index in [-0.39, 0.29) is 42.1 Å². The van der Waals surface area contributed by atoms with Gasteiger partial charge < -0.3 is 14.7 Å². The lowest BCUT2D eigenvalue weighted by Crippen LogP contribution is -2.40. The minimum atomic E-state index is -1.14. The van der Waals surface area contributed by atoms with Crippen LogP contribution in [0.15, 0.2) is 18.2 Å². The number of carboxylic acids is 1. The Morgan fingerprint density at radius 3 is 2.46 bits per heavy atom. The van der Waals surface area contributed by atoms with Crippen molar-refractivity contribution in [2.24, 2.45) is 0 Å². The van der Waals surface area contributed by atoms with E-state index in [2.05, 4.69) is 0 Å². The van der Waals surface area contributed by atoms with Crippen molar-refractivity contribution in [2.75, 3.05) is 26.8 Å². The number of carbonyl (C=O) groups excluding carboxylic acids is 3. The molecule has 1 N–H and O–H groups in total. The van der Waals surface area contributed by atoms with Gasteiger partial charge in [0.15, 0.2) is 0 Å². The molecule has 1 fully saturated rings. The number of imide groups is 1. The van der Waals surface area contributed by atoms with Gasteiger partial charge in [-0.15, -0.1) is 0 Å². The summed E-state index contributed by atoms with van der Waals surface area (Å²) in [6.07, 6.45) is 4.71. The van der Waals surface area contributed by atoms with E-state index in [1.165, 1.54) is 30.2 Å². The topological polar surface area (TPSA) is 104 Å². The van der Waals surface area contributed by atoms with Crippen molar-refractivity contribution in [1.82, 2.24) is 9.80 Å². The van der Waals surface area contributed by atoms with E-state index in [0.717, 1.165) is 37.0 Å². The number of hydrogen-bond donors (Lipinski definition) is 1. The number of methoxy groups -OCH3 is 1. The van der Waals surface area contributed by atoms with Gasteiger partial charge in [-0.3, -0.25) is 24.1 Å². The van der Waals surface area contributed by atoms with Crippen LogP contribution in [0.2, 0.25) is 0 Å². The molecule has 0 saturated heterocycles. The number of nitrogens with zero attached hydrogens (tertiary/aromatic N) is 2. The summed E-state index contributed by atoms with van der Waals surface area (Å²) in [4.78, 5) is 51.9. The second-order valence-corrected chi connectivity index (χ2v) is 7.15. The van der Waals surface area contributed by atoms with Gasteiger partial charge in [-0.1, -0.05) is 19.3 Å². The van der Waals surface area contributed by atoms with Gasteiger partial charge in [0.1, 0.15) is 6.54 Å². The average molecular weight is 388 g/mol. The number of fused-ring (bicyclic) bond motifs is 1. The SMILES string of the molecule is COCCN(CC(=O)O)C(=O)c1ccc2c(c1)C(=O)N(C1CCCCC1)C2=O. The largest absolute Gasteiger partial charge is 0.480 e. The highest BCUT2D eigenvalue weighted by atomic mass is 16.5. The highest BCUT2D eigenvalue weighted by molar-refractivity contribution is 6.22. The zero-order chi connectivity index (χ0) is 20.3. The lowest BCUT2D eigenvalue weighted by atomic mass is 9.94. The zero-order valence-electron chi connectivity index (χ0n) is 15.8. The summed E-state index contributed by atoms with van der Waals surface area (Å²) >= 11 is 0. The highest BCUT2D eigenvalue weighted by Gasteiger charge is 2.40. The van der Waals surface area contributed by atoms with Gasteiger partial charge in [-0.25, -0.2) is 0 Å². The first-order chi connectivity index (χ1) is 13.4. The van der Waals surface area contributed by atoms with Gasteiger partial charge >= 0.3 is 5.97 Å². The molecule has 150 valence electrons. The molecule has 1 aromatic carbocycles. The van der Waals surface area contributed by atoms with E-state index in [0.29, 0.717) is 5.56 Å². The second kappa shape index (κ2) is 8.52. The average Bonchev–Trinajstić information content (AvgIpc) is 2.95. The van der Waals surface area contributed by atoms with Crippen molar-refractivity contribution in [1.29, 1.82) is 0 Å². The number of amides is 3. The van der Waals surface area contributed by atoms with E-state index in [1.54, 1.807) is 0 Å². The zero-order valence-corrected chi connectivity index (χ0v) is 15.8. The Morgan fingerprint density at radius 2 is 1.82 bits per heavy atom. The van der Waals surface area contributed by atoms with Gasteiger partial charge in [-0.2, -0.15) is 0 Å². The number of carboxylic acid groups (broad SMARTS) is 1. The van der Waals surface area contributed by atoms with Crippen LogP contribution >= 0.6 is 0 Å². The third-order valence-corrected chi connectivity index (χ3v) is 5.28. The van der Waals surface area contributed by atoms with Crippen LogP contribution < -0.4 is 0 Å². The summed E-state index contributed by atoms with van der Waals surface area (Å²) in [5.74, 6) is -2.34. The van der Waals surface area contributed by atoms with Gasteiger partial charge in [0.05, 0.1) is 17.7 Å². The van der Waals surface area contributed by atoms with Gasteiger partial charge in [0.25, 0.3) is 17.7 Å². The highest BCUT2D eigenvalue weighted by Crippen LogP contribution is 2.31. The first-order valence-electron chi connectivity index (χ1n) is 9.46. The Hall–Kier alpha value is -2.74. The molecule has 1 heterocycles. The summed E-state index contributed by atoms with van der Waals surface area (Å²) in [6, 6.07) is 4.27. The van der Waals surface area contributed by atoms with Gasteiger partial charge in [-0.05, 0) is 31.0 Å². The fraction of sp³-hybridized carbons (Fsp3) is 0.500. The number of hydrogen-bond acceptors (Lipinski definition) is 5. The molecule has 0 unspecified atom stereocenters. The maximum atomic E-state index is 12.9. The van der Waals surface area contributed by atoms with Crippen LogP contribution in [0, 0.1) is 0 Å². The molecular weight excluding hydrogens is 364 g/mol. The molecule has 3 amide bonds. The molecule has 0 aromatic heterocycles. The van der Waals surface area contributed by atoms with E-state index < -0.39 is 18.4 Å². The molecule has 1 aromatic rings. The van der Waals surface area contributed by atoms with Crippen LogP contribution in [0.5, 0.6) is 0 Å². The minimum Gasteiger partial charge on any atom is -0.480 e. The molecule has 0 bridgehead atoms. The van der Waals surface area contributed by atoms with Crippen molar-refractivity contribution in [3.63, 3.8) is 0 Å². The Morgan fingerprint density at radius 1 is 1.14 bits per heavy atom. The van der Waals surface area contributed by atoms with Gasteiger partial charge in [0.2, 0.25) is 0 Å². The maximum Gasteiger partial charge on any atom is 0.323 e. The number of benzene rings is 1. The van der Waals surface area contributed by atoms with E-state index in [9.17, 15) is 19.2 Å². The summed E-state index contributed by atoms with van der Waals surface area (Å²) in [7, 11) is 1.46. The van der Waals surface area contributed by atoms with Crippen molar-refractivity contribution >= 4 is 23.7 Å². The number of ether oxygens (including phenoxy) is 1. The van der Waals surface area contributed by atoms with E-state index >= 15 is 0 Å². The first-order valence-corrected chi connectivity index (χ1v) is 9.46. The molecule has 0 radical (unpaired) electrons. The summed E-state index contributed by atoms with van der Waals surface area (Å²) in [5.41, 5.74) is 0.694. The maximum absolute atomic E-state index is 12.9. The molecule has 8 nitrogen and oxygen atoms in total. The lowest BCUT2D eigenvalue weighted by molar-refractivity contribution is -0.137. The molecule has 0 spiro atoms. The summed E-state index contributed by atoms with van der Waals surface area (Å²) in [6.45, 7) is -0.170. The monoisotopic (exact) mass is 388 g/mol. The van der Waals surface area contributed by atoms with E-state index in [1.807, 2.05) is 0 Å². The van der Waals surface area contributed by atoms with Crippen LogP contribution in [-0.2, 0) is 9.53 Å². The molecule has 3 rings (SSSR count). The van der Waals surface area contributed by atoms with Crippen molar-refractivity contribution in [2.45, 2.75) is 38.1 Å². The molecule has 0 atom stereocenters. The minimum absolute atomic E-state index is 0.0921. The fourth-order valence-electron chi connectivity index (χ4n) is 3.86. The molecular formula is C20H24N2O6. The summed E-state index contributed by atoms with van der Waals surface area (Å²) < 4.78 is 4.93. The number of rotatable bonds is 7. The fourth-order valence-corrected chi connectivity index (χ4v) is 3.86. The predicted octanol–water partition coefficient (Wildman–Crippen LogP) is 1.79. The van der Waals surface area contributed by atoms with Crippen LogP contribution in [0.1, 0.15) is 63.2 Å². The first kappa shape index (κ1) is 20.0. The number of aliphatic carboxylic acids is 1. The second-order valence-electron chi connectivity index (χ2n) is 7.15. The quantitative estimate of drug-likeness (QED) is 0.714. The number of carbonyl (C=O) groups is 4.